The topological polar surface area (TPSA) is 76.1 Å². The summed E-state index contributed by atoms with van der Waals surface area (Å²) in [5.74, 6) is 0.354. The molecule has 2 aromatic carbocycles. The van der Waals surface area contributed by atoms with Crippen molar-refractivity contribution in [3.63, 3.8) is 0 Å². The van der Waals surface area contributed by atoms with E-state index in [1.54, 1.807) is 30.3 Å². The van der Waals surface area contributed by atoms with Crippen molar-refractivity contribution in [2.24, 2.45) is 0 Å². The molecule has 144 valence electrons. The molecule has 28 heavy (non-hydrogen) atoms. The Bertz CT molecular complexity index is 961. The summed E-state index contributed by atoms with van der Waals surface area (Å²) in [6.07, 6.45) is 0.733. The second-order valence-corrected chi connectivity index (χ2v) is 6.18. The number of aromatic nitrogens is 2. The average Bonchev–Trinajstić information content (AvgIpc) is 2.69. The predicted octanol–water partition coefficient (Wildman–Crippen LogP) is 4.11. The number of ether oxygens (including phenoxy) is 1. The molecule has 0 fully saturated rings. The molecule has 0 amide bonds. The highest BCUT2D eigenvalue weighted by molar-refractivity contribution is 5.96. The van der Waals surface area contributed by atoms with Gasteiger partial charge < -0.3 is 15.4 Å². The Kier molecular flexibility index (Phi) is 6.16. The Morgan fingerprint density at radius 1 is 1.11 bits per heavy atom. The minimum absolute atomic E-state index is 0.244. The normalized spacial score (nSPS) is 10.4. The number of hydrogen-bond acceptors (Lipinski definition) is 6. The highest BCUT2D eigenvalue weighted by Crippen LogP contribution is 2.21. The minimum Gasteiger partial charge on any atom is -0.465 e. The van der Waals surface area contributed by atoms with Gasteiger partial charge in [0.25, 0.3) is 0 Å². The molecule has 0 aliphatic rings. The second-order valence-electron chi connectivity index (χ2n) is 6.18. The van der Waals surface area contributed by atoms with Crippen molar-refractivity contribution in [3.05, 3.63) is 77.2 Å². The lowest BCUT2D eigenvalue weighted by atomic mass is 10.1. The van der Waals surface area contributed by atoms with Gasteiger partial charge in [0.2, 0.25) is 5.95 Å². The number of carbonyl (C=O) groups is 1. The van der Waals surface area contributed by atoms with Crippen LogP contribution in [0.5, 0.6) is 0 Å². The molecule has 0 aliphatic heterocycles. The number of anilines is 3. The molecule has 0 unspecified atom stereocenters. The molecule has 7 heteroatoms. The fraction of sp³-hybridized carbons (Fsp3) is 0.190. The first-order chi connectivity index (χ1) is 13.5. The van der Waals surface area contributed by atoms with Crippen LogP contribution in [-0.2, 0) is 11.2 Å². The van der Waals surface area contributed by atoms with Gasteiger partial charge in [0.1, 0.15) is 11.6 Å². The van der Waals surface area contributed by atoms with E-state index >= 15 is 0 Å². The lowest BCUT2D eigenvalue weighted by molar-refractivity contribution is 0.0602. The Morgan fingerprint density at radius 2 is 1.86 bits per heavy atom. The number of esters is 1. The van der Waals surface area contributed by atoms with Crippen molar-refractivity contribution >= 4 is 23.4 Å². The molecule has 3 aromatic rings. The van der Waals surface area contributed by atoms with Crippen LogP contribution in [0.4, 0.5) is 21.8 Å². The summed E-state index contributed by atoms with van der Waals surface area (Å²) >= 11 is 0. The highest BCUT2D eigenvalue weighted by atomic mass is 19.1. The van der Waals surface area contributed by atoms with Crippen molar-refractivity contribution in [2.45, 2.75) is 13.3 Å². The molecule has 0 aliphatic carbocycles. The Hall–Kier alpha value is -3.48. The number of methoxy groups -OCH3 is 1. The van der Waals surface area contributed by atoms with E-state index in [2.05, 4.69) is 20.6 Å². The zero-order chi connectivity index (χ0) is 19.9. The Balaban J connectivity index is 1.70. The summed E-state index contributed by atoms with van der Waals surface area (Å²) in [4.78, 5) is 20.7. The lowest BCUT2D eigenvalue weighted by Crippen LogP contribution is -2.10. The fourth-order valence-electron chi connectivity index (χ4n) is 2.70. The molecule has 0 radical (unpaired) electrons. The number of halogens is 1. The highest BCUT2D eigenvalue weighted by Gasteiger charge is 2.12. The summed E-state index contributed by atoms with van der Waals surface area (Å²) < 4.78 is 17.8. The van der Waals surface area contributed by atoms with Gasteiger partial charge in [-0.25, -0.2) is 14.2 Å². The molecule has 6 nitrogen and oxygen atoms in total. The SMILES string of the molecule is COC(=O)c1ccccc1Nc1nc(C)cc(NCCc2ccc(F)cc2)n1. The van der Waals surface area contributed by atoms with Gasteiger partial charge in [-0.3, -0.25) is 0 Å². The number of carbonyl (C=O) groups excluding carboxylic acids is 1. The van der Waals surface area contributed by atoms with E-state index in [4.69, 9.17) is 4.74 Å². The molecule has 0 saturated carbocycles. The Labute approximate surface area is 162 Å². The maximum atomic E-state index is 13.0. The lowest BCUT2D eigenvalue weighted by Gasteiger charge is -2.12. The van der Waals surface area contributed by atoms with Gasteiger partial charge in [0, 0.05) is 18.3 Å². The first-order valence-corrected chi connectivity index (χ1v) is 8.83. The maximum absolute atomic E-state index is 13.0. The van der Waals surface area contributed by atoms with E-state index in [1.807, 2.05) is 19.1 Å². The van der Waals surface area contributed by atoms with Crippen molar-refractivity contribution in [1.29, 1.82) is 0 Å². The third-order valence-corrected chi connectivity index (χ3v) is 4.07. The molecule has 3 rings (SSSR count). The first-order valence-electron chi connectivity index (χ1n) is 8.83. The van der Waals surface area contributed by atoms with Crippen LogP contribution in [0.3, 0.4) is 0 Å². The van der Waals surface area contributed by atoms with Crippen molar-refractivity contribution in [1.82, 2.24) is 9.97 Å². The molecule has 0 saturated heterocycles. The second kappa shape index (κ2) is 8.94. The monoisotopic (exact) mass is 380 g/mol. The molecule has 0 spiro atoms. The van der Waals surface area contributed by atoms with Crippen molar-refractivity contribution < 1.29 is 13.9 Å². The molecule has 1 heterocycles. The zero-order valence-corrected chi connectivity index (χ0v) is 15.7. The third kappa shape index (κ3) is 5.03. The van der Waals surface area contributed by atoms with Crippen LogP contribution >= 0.6 is 0 Å². The quantitative estimate of drug-likeness (QED) is 0.601. The van der Waals surface area contributed by atoms with Crippen LogP contribution in [0.25, 0.3) is 0 Å². The van der Waals surface area contributed by atoms with Gasteiger partial charge in [-0.1, -0.05) is 24.3 Å². The third-order valence-electron chi connectivity index (χ3n) is 4.07. The summed E-state index contributed by atoms with van der Waals surface area (Å²) in [6.45, 7) is 2.50. The number of nitrogens with one attached hydrogen (secondary N) is 2. The molecule has 2 N–H and O–H groups in total. The number of benzene rings is 2. The molecule has 0 bridgehead atoms. The first kappa shape index (κ1) is 19.3. The van der Waals surface area contributed by atoms with Crippen LogP contribution in [0, 0.1) is 12.7 Å². The standard InChI is InChI=1S/C21H21FN4O2/c1-14-13-19(23-12-11-15-7-9-16(22)10-8-15)26-21(24-14)25-18-6-4-3-5-17(18)20(27)28-2/h3-10,13H,11-12H2,1-2H3,(H2,23,24,25,26). The minimum atomic E-state index is -0.437. The van der Waals surface area contributed by atoms with Gasteiger partial charge >= 0.3 is 5.97 Å². The maximum Gasteiger partial charge on any atom is 0.339 e. The number of rotatable bonds is 7. The van der Waals surface area contributed by atoms with E-state index in [9.17, 15) is 9.18 Å². The predicted molar refractivity (Wildman–Crippen MR) is 106 cm³/mol. The van der Waals surface area contributed by atoms with E-state index < -0.39 is 5.97 Å². The van der Waals surface area contributed by atoms with Gasteiger partial charge in [0.05, 0.1) is 18.4 Å². The van der Waals surface area contributed by atoms with Crippen molar-refractivity contribution in [2.75, 3.05) is 24.3 Å². The van der Waals surface area contributed by atoms with Crippen LogP contribution in [0.15, 0.2) is 54.6 Å². The van der Waals surface area contributed by atoms with Gasteiger partial charge in [0.15, 0.2) is 0 Å². The zero-order valence-electron chi connectivity index (χ0n) is 15.7. The van der Waals surface area contributed by atoms with Crippen LogP contribution < -0.4 is 10.6 Å². The Morgan fingerprint density at radius 3 is 2.61 bits per heavy atom. The van der Waals surface area contributed by atoms with E-state index in [1.165, 1.54) is 19.2 Å². The van der Waals surface area contributed by atoms with Gasteiger partial charge in [-0.2, -0.15) is 4.98 Å². The molecular formula is C21H21FN4O2. The summed E-state index contributed by atoms with van der Waals surface area (Å²) in [7, 11) is 1.34. The molecule has 0 atom stereocenters. The van der Waals surface area contributed by atoms with E-state index in [0.717, 1.165) is 17.7 Å². The van der Waals surface area contributed by atoms with Crippen LogP contribution in [0.1, 0.15) is 21.6 Å². The van der Waals surface area contributed by atoms with E-state index in [-0.39, 0.29) is 5.82 Å². The van der Waals surface area contributed by atoms with Crippen LogP contribution in [-0.4, -0.2) is 29.6 Å². The van der Waals surface area contributed by atoms with Crippen LogP contribution in [0.2, 0.25) is 0 Å². The average molecular weight is 380 g/mol. The largest absolute Gasteiger partial charge is 0.465 e. The summed E-state index contributed by atoms with van der Waals surface area (Å²) in [5.41, 5.74) is 2.78. The molecular weight excluding hydrogens is 359 g/mol. The number of nitrogens with zero attached hydrogens (tertiary/aromatic N) is 2. The molecule has 1 aromatic heterocycles. The smallest absolute Gasteiger partial charge is 0.339 e. The van der Waals surface area contributed by atoms with Gasteiger partial charge in [-0.15, -0.1) is 0 Å². The van der Waals surface area contributed by atoms with E-state index in [0.29, 0.717) is 29.6 Å². The summed E-state index contributed by atoms with van der Waals surface area (Å²) in [5, 5.41) is 6.33. The van der Waals surface area contributed by atoms with Crippen molar-refractivity contribution in [3.8, 4) is 0 Å². The summed E-state index contributed by atoms with van der Waals surface area (Å²) in [6, 6.07) is 15.3. The number of para-hydroxylation sites is 1. The number of aryl methyl sites for hydroxylation is 1. The van der Waals surface area contributed by atoms with Gasteiger partial charge in [-0.05, 0) is 43.2 Å². The fourth-order valence-corrected chi connectivity index (χ4v) is 2.70. The number of hydrogen-bond donors (Lipinski definition) is 2.